The Morgan fingerprint density at radius 2 is 1.63 bits per heavy atom. The van der Waals surface area contributed by atoms with Crippen molar-refractivity contribution in [2.75, 3.05) is 0 Å². The van der Waals surface area contributed by atoms with Crippen molar-refractivity contribution in [3.8, 4) is 0 Å². The Morgan fingerprint density at radius 3 is 2.21 bits per heavy atom. The summed E-state index contributed by atoms with van der Waals surface area (Å²) >= 11 is 3.47. The summed E-state index contributed by atoms with van der Waals surface area (Å²) in [4.78, 5) is 4.06. The van der Waals surface area contributed by atoms with Crippen molar-refractivity contribution in [3.05, 3.63) is 64.4 Å². The Hall–Kier alpha value is -1.19. The van der Waals surface area contributed by atoms with E-state index in [0.717, 1.165) is 4.47 Å². The van der Waals surface area contributed by atoms with Gasteiger partial charge in [0.25, 0.3) is 0 Å². The van der Waals surface area contributed by atoms with E-state index in [1.54, 1.807) is 0 Å². The maximum absolute atomic E-state index is 4.06. The molecule has 0 saturated heterocycles. The van der Waals surface area contributed by atoms with Crippen molar-refractivity contribution in [1.29, 1.82) is 0 Å². The molecule has 1 aromatic carbocycles. The van der Waals surface area contributed by atoms with Crippen LogP contribution in [0.3, 0.4) is 0 Å². The van der Waals surface area contributed by atoms with Crippen LogP contribution in [0.25, 0.3) is 0 Å². The molecule has 0 amide bonds. The Bertz CT molecular complexity index is 520. The summed E-state index contributed by atoms with van der Waals surface area (Å²) in [5, 5.41) is 3.67. The highest BCUT2D eigenvalue weighted by Crippen LogP contribution is 2.25. The fourth-order valence-electron chi connectivity index (χ4n) is 2.23. The Kier molecular flexibility index (Phi) is 4.38. The maximum Gasteiger partial charge on any atom is 0.0382 e. The molecule has 1 heterocycles. The lowest BCUT2D eigenvalue weighted by atomic mass is 9.92. The summed E-state index contributed by atoms with van der Waals surface area (Å²) in [5.74, 6) is 0. The second-order valence-corrected chi connectivity index (χ2v) is 6.19. The van der Waals surface area contributed by atoms with Gasteiger partial charge in [-0.3, -0.25) is 4.98 Å². The Labute approximate surface area is 123 Å². The third-order valence-electron chi connectivity index (χ3n) is 3.35. The zero-order valence-corrected chi connectivity index (χ0v) is 13.1. The molecule has 19 heavy (non-hydrogen) atoms. The fourth-order valence-corrected chi connectivity index (χ4v) is 2.49. The monoisotopic (exact) mass is 318 g/mol. The first-order valence-electron chi connectivity index (χ1n) is 6.43. The van der Waals surface area contributed by atoms with E-state index in [1.807, 2.05) is 12.4 Å². The minimum absolute atomic E-state index is 0.0800. The molecule has 100 valence electrons. The molecule has 2 aromatic rings. The minimum atomic E-state index is -0.0800. The van der Waals surface area contributed by atoms with Crippen LogP contribution < -0.4 is 5.32 Å². The first kappa shape index (κ1) is 14.2. The summed E-state index contributed by atoms with van der Waals surface area (Å²) in [7, 11) is 0. The highest BCUT2D eigenvalue weighted by Gasteiger charge is 2.22. The molecule has 1 atom stereocenters. The molecular weight excluding hydrogens is 300 g/mol. The van der Waals surface area contributed by atoms with Crippen LogP contribution in [0, 0.1) is 0 Å². The van der Waals surface area contributed by atoms with E-state index in [9.17, 15) is 0 Å². The van der Waals surface area contributed by atoms with E-state index < -0.39 is 0 Å². The lowest BCUT2D eigenvalue weighted by Crippen LogP contribution is -2.38. The van der Waals surface area contributed by atoms with Gasteiger partial charge in [-0.1, -0.05) is 28.1 Å². The molecule has 1 aromatic heterocycles. The number of nitrogens with one attached hydrogen (secondary N) is 1. The molecule has 0 bridgehead atoms. The quantitative estimate of drug-likeness (QED) is 0.902. The standard InChI is InChI=1S/C16H19BrN2/c1-12(13-8-10-18-11-9-13)19-16(2,3)14-4-6-15(17)7-5-14/h4-12,19H,1-3H3. The van der Waals surface area contributed by atoms with Gasteiger partial charge in [0.15, 0.2) is 0 Å². The van der Waals surface area contributed by atoms with E-state index in [4.69, 9.17) is 0 Å². The summed E-state index contributed by atoms with van der Waals surface area (Å²) < 4.78 is 1.11. The van der Waals surface area contributed by atoms with Gasteiger partial charge in [-0.25, -0.2) is 0 Å². The van der Waals surface area contributed by atoms with Crippen molar-refractivity contribution in [2.24, 2.45) is 0 Å². The molecule has 0 spiro atoms. The zero-order valence-electron chi connectivity index (χ0n) is 11.5. The van der Waals surface area contributed by atoms with Crippen molar-refractivity contribution >= 4 is 15.9 Å². The van der Waals surface area contributed by atoms with E-state index >= 15 is 0 Å². The van der Waals surface area contributed by atoms with Crippen molar-refractivity contribution in [3.63, 3.8) is 0 Å². The molecule has 1 N–H and O–H groups in total. The predicted octanol–water partition coefficient (Wildman–Crippen LogP) is 4.43. The average Bonchev–Trinajstić information content (AvgIpc) is 2.40. The lowest BCUT2D eigenvalue weighted by molar-refractivity contribution is 0.357. The summed E-state index contributed by atoms with van der Waals surface area (Å²) in [6, 6.07) is 12.8. The van der Waals surface area contributed by atoms with Gasteiger partial charge < -0.3 is 5.32 Å². The maximum atomic E-state index is 4.06. The second-order valence-electron chi connectivity index (χ2n) is 5.28. The van der Waals surface area contributed by atoms with Crippen LogP contribution in [0.5, 0.6) is 0 Å². The van der Waals surface area contributed by atoms with Crippen molar-refractivity contribution < 1.29 is 0 Å². The van der Waals surface area contributed by atoms with E-state index in [1.165, 1.54) is 11.1 Å². The first-order chi connectivity index (χ1) is 8.99. The van der Waals surface area contributed by atoms with Crippen LogP contribution in [0.4, 0.5) is 0 Å². The van der Waals surface area contributed by atoms with Crippen LogP contribution in [0.15, 0.2) is 53.3 Å². The number of benzene rings is 1. The number of rotatable bonds is 4. The zero-order chi connectivity index (χ0) is 13.9. The number of halogens is 1. The predicted molar refractivity (Wildman–Crippen MR) is 83.0 cm³/mol. The normalized spacial score (nSPS) is 13.3. The van der Waals surface area contributed by atoms with Gasteiger partial charge in [0.1, 0.15) is 0 Å². The highest BCUT2D eigenvalue weighted by atomic mass is 79.9. The molecule has 3 heteroatoms. The van der Waals surface area contributed by atoms with Gasteiger partial charge in [0.2, 0.25) is 0 Å². The molecule has 0 fully saturated rings. The summed E-state index contributed by atoms with van der Waals surface area (Å²) in [6.07, 6.45) is 3.67. The molecule has 0 saturated carbocycles. The Morgan fingerprint density at radius 1 is 1.05 bits per heavy atom. The van der Waals surface area contributed by atoms with Crippen LogP contribution >= 0.6 is 15.9 Å². The molecule has 2 nitrogen and oxygen atoms in total. The largest absolute Gasteiger partial charge is 0.301 e. The number of nitrogens with zero attached hydrogens (tertiary/aromatic N) is 1. The average molecular weight is 319 g/mol. The van der Waals surface area contributed by atoms with Gasteiger partial charge in [0.05, 0.1) is 0 Å². The van der Waals surface area contributed by atoms with Crippen LogP contribution in [0.2, 0.25) is 0 Å². The number of hydrogen-bond donors (Lipinski definition) is 1. The molecule has 0 radical (unpaired) electrons. The molecular formula is C16H19BrN2. The van der Waals surface area contributed by atoms with Gasteiger partial charge in [0, 0.05) is 28.4 Å². The smallest absolute Gasteiger partial charge is 0.0382 e. The van der Waals surface area contributed by atoms with Crippen LogP contribution in [0.1, 0.15) is 37.9 Å². The van der Waals surface area contributed by atoms with Gasteiger partial charge in [-0.05, 0) is 56.2 Å². The van der Waals surface area contributed by atoms with E-state index in [0.29, 0.717) is 0 Å². The number of pyridine rings is 1. The number of hydrogen-bond acceptors (Lipinski definition) is 2. The third kappa shape index (κ3) is 3.64. The third-order valence-corrected chi connectivity index (χ3v) is 3.88. The molecule has 0 aliphatic carbocycles. The topological polar surface area (TPSA) is 24.9 Å². The van der Waals surface area contributed by atoms with Gasteiger partial charge >= 0.3 is 0 Å². The van der Waals surface area contributed by atoms with Crippen molar-refractivity contribution in [1.82, 2.24) is 10.3 Å². The summed E-state index contributed by atoms with van der Waals surface area (Å²) in [6.45, 7) is 6.58. The molecule has 1 unspecified atom stereocenters. The SMILES string of the molecule is CC(NC(C)(C)c1ccc(Br)cc1)c1ccncc1. The molecule has 2 rings (SSSR count). The number of aromatic nitrogens is 1. The minimum Gasteiger partial charge on any atom is -0.301 e. The van der Waals surface area contributed by atoms with E-state index in [2.05, 4.69) is 83.4 Å². The van der Waals surface area contributed by atoms with Gasteiger partial charge in [-0.2, -0.15) is 0 Å². The summed E-state index contributed by atoms with van der Waals surface area (Å²) in [5.41, 5.74) is 2.44. The molecule has 0 aliphatic heterocycles. The van der Waals surface area contributed by atoms with Crippen LogP contribution in [-0.2, 0) is 5.54 Å². The van der Waals surface area contributed by atoms with Crippen LogP contribution in [-0.4, -0.2) is 4.98 Å². The fraction of sp³-hybridized carbons (Fsp3) is 0.312. The lowest BCUT2D eigenvalue weighted by Gasteiger charge is -2.31. The second kappa shape index (κ2) is 5.85. The van der Waals surface area contributed by atoms with E-state index in [-0.39, 0.29) is 11.6 Å². The van der Waals surface area contributed by atoms with Gasteiger partial charge in [-0.15, -0.1) is 0 Å². The molecule has 0 aliphatic rings. The Balaban J connectivity index is 2.15. The first-order valence-corrected chi connectivity index (χ1v) is 7.22. The van der Waals surface area contributed by atoms with Crippen molar-refractivity contribution in [2.45, 2.75) is 32.4 Å². The highest BCUT2D eigenvalue weighted by molar-refractivity contribution is 9.10.